The van der Waals surface area contributed by atoms with Gasteiger partial charge in [-0.15, -0.1) is 11.6 Å². The molecule has 0 aromatic heterocycles. The van der Waals surface area contributed by atoms with E-state index >= 15 is 0 Å². The molecule has 0 aliphatic carbocycles. The summed E-state index contributed by atoms with van der Waals surface area (Å²) in [5.41, 5.74) is 1.11. The van der Waals surface area contributed by atoms with E-state index in [1.165, 1.54) is 12.1 Å². The van der Waals surface area contributed by atoms with Crippen LogP contribution in [0, 0.1) is 11.7 Å². The highest BCUT2D eigenvalue weighted by atomic mass is 35.5. The molecule has 0 saturated heterocycles. The second-order valence-electron chi connectivity index (χ2n) is 4.80. The molecule has 0 fully saturated rings. The molecule has 0 aliphatic rings. The number of halogens is 2. The molecule has 2 aromatic rings. The lowest BCUT2D eigenvalue weighted by Gasteiger charge is -2.14. The summed E-state index contributed by atoms with van der Waals surface area (Å²) < 4.78 is 18.5. The van der Waals surface area contributed by atoms with E-state index in [9.17, 15) is 4.39 Å². The van der Waals surface area contributed by atoms with Gasteiger partial charge in [-0.1, -0.05) is 30.3 Å². The SMILES string of the molecule is Fc1ccc(CC(CCl)CCOc2ccccc2)cc1. The van der Waals surface area contributed by atoms with Gasteiger partial charge in [-0.05, 0) is 48.6 Å². The lowest BCUT2D eigenvalue weighted by Crippen LogP contribution is -2.11. The van der Waals surface area contributed by atoms with Gasteiger partial charge in [0.2, 0.25) is 0 Å². The molecule has 106 valence electrons. The standard InChI is InChI=1S/C17H18ClFO/c18-13-15(12-14-6-8-16(19)9-7-14)10-11-20-17-4-2-1-3-5-17/h1-9,15H,10-13H2. The summed E-state index contributed by atoms with van der Waals surface area (Å²) in [5.74, 6) is 1.59. The predicted octanol–water partition coefficient (Wildman–Crippen LogP) is 4.69. The first kappa shape index (κ1) is 14.9. The van der Waals surface area contributed by atoms with E-state index in [0.29, 0.717) is 18.4 Å². The normalized spacial score (nSPS) is 12.1. The maximum Gasteiger partial charge on any atom is 0.123 e. The van der Waals surface area contributed by atoms with Crippen LogP contribution in [0.1, 0.15) is 12.0 Å². The van der Waals surface area contributed by atoms with Gasteiger partial charge in [-0.3, -0.25) is 0 Å². The van der Waals surface area contributed by atoms with E-state index in [1.807, 2.05) is 42.5 Å². The Morgan fingerprint density at radius 3 is 2.35 bits per heavy atom. The molecule has 0 spiro atoms. The van der Waals surface area contributed by atoms with Gasteiger partial charge in [0.25, 0.3) is 0 Å². The molecule has 0 aliphatic heterocycles. The highest BCUT2D eigenvalue weighted by Gasteiger charge is 2.09. The average molecular weight is 293 g/mol. The highest BCUT2D eigenvalue weighted by Crippen LogP contribution is 2.16. The van der Waals surface area contributed by atoms with Gasteiger partial charge in [0, 0.05) is 5.88 Å². The van der Waals surface area contributed by atoms with Crippen molar-refractivity contribution in [2.45, 2.75) is 12.8 Å². The fraction of sp³-hybridized carbons (Fsp3) is 0.294. The molecule has 0 heterocycles. The first-order valence-corrected chi connectivity index (χ1v) is 7.29. The number of benzene rings is 2. The van der Waals surface area contributed by atoms with Gasteiger partial charge in [0.1, 0.15) is 11.6 Å². The van der Waals surface area contributed by atoms with Gasteiger partial charge in [0.15, 0.2) is 0 Å². The van der Waals surface area contributed by atoms with Crippen LogP contribution in [0.15, 0.2) is 54.6 Å². The predicted molar refractivity (Wildman–Crippen MR) is 80.9 cm³/mol. The number of alkyl halides is 1. The van der Waals surface area contributed by atoms with Crippen LogP contribution >= 0.6 is 11.6 Å². The minimum Gasteiger partial charge on any atom is -0.494 e. The molecule has 1 atom stereocenters. The zero-order chi connectivity index (χ0) is 14.2. The van der Waals surface area contributed by atoms with E-state index < -0.39 is 0 Å². The zero-order valence-electron chi connectivity index (χ0n) is 11.3. The lowest BCUT2D eigenvalue weighted by atomic mass is 9.98. The quantitative estimate of drug-likeness (QED) is 0.673. The topological polar surface area (TPSA) is 9.23 Å². The molecule has 3 heteroatoms. The van der Waals surface area contributed by atoms with Gasteiger partial charge >= 0.3 is 0 Å². The Morgan fingerprint density at radius 2 is 1.70 bits per heavy atom. The van der Waals surface area contributed by atoms with Crippen molar-refractivity contribution in [3.8, 4) is 5.75 Å². The van der Waals surface area contributed by atoms with Crippen molar-refractivity contribution in [3.63, 3.8) is 0 Å². The van der Waals surface area contributed by atoms with E-state index in [2.05, 4.69) is 0 Å². The maximum absolute atomic E-state index is 12.9. The third kappa shape index (κ3) is 4.86. The van der Waals surface area contributed by atoms with E-state index in [0.717, 1.165) is 24.2 Å². The Labute approximate surface area is 124 Å². The first-order chi connectivity index (χ1) is 9.78. The van der Waals surface area contributed by atoms with Crippen LogP contribution in [-0.4, -0.2) is 12.5 Å². The van der Waals surface area contributed by atoms with Crippen molar-refractivity contribution in [3.05, 3.63) is 66.0 Å². The zero-order valence-corrected chi connectivity index (χ0v) is 12.0. The summed E-state index contributed by atoms with van der Waals surface area (Å²) >= 11 is 6.00. The molecule has 0 radical (unpaired) electrons. The summed E-state index contributed by atoms with van der Waals surface area (Å²) in [6.45, 7) is 0.641. The fourth-order valence-corrected chi connectivity index (χ4v) is 2.31. The van der Waals surface area contributed by atoms with Crippen molar-refractivity contribution >= 4 is 11.6 Å². The third-order valence-corrected chi connectivity index (χ3v) is 3.63. The number of hydrogen-bond donors (Lipinski definition) is 0. The lowest BCUT2D eigenvalue weighted by molar-refractivity contribution is 0.284. The molecule has 0 saturated carbocycles. The molecule has 2 rings (SSSR count). The Balaban J connectivity index is 1.79. The largest absolute Gasteiger partial charge is 0.494 e. The fourth-order valence-electron chi connectivity index (χ4n) is 2.05. The van der Waals surface area contributed by atoms with Crippen molar-refractivity contribution in [1.29, 1.82) is 0 Å². The second kappa shape index (κ2) is 7.91. The van der Waals surface area contributed by atoms with E-state index in [4.69, 9.17) is 16.3 Å². The monoisotopic (exact) mass is 292 g/mol. The minimum absolute atomic E-state index is 0.205. The number of ether oxygens (including phenoxy) is 1. The van der Waals surface area contributed by atoms with Crippen LogP contribution in [0.2, 0.25) is 0 Å². The van der Waals surface area contributed by atoms with Crippen LogP contribution in [0.25, 0.3) is 0 Å². The van der Waals surface area contributed by atoms with Gasteiger partial charge < -0.3 is 4.74 Å². The average Bonchev–Trinajstić information content (AvgIpc) is 2.49. The van der Waals surface area contributed by atoms with E-state index in [1.54, 1.807) is 0 Å². The summed E-state index contributed by atoms with van der Waals surface area (Å²) in [6, 6.07) is 16.3. The van der Waals surface area contributed by atoms with Crippen LogP contribution in [0.3, 0.4) is 0 Å². The van der Waals surface area contributed by atoms with Crippen LogP contribution in [-0.2, 0) is 6.42 Å². The van der Waals surface area contributed by atoms with Gasteiger partial charge in [-0.25, -0.2) is 4.39 Å². The summed E-state index contributed by atoms with van der Waals surface area (Å²) in [7, 11) is 0. The number of para-hydroxylation sites is 1. The summed E-state index contributed by atoms with van der Waals surface area (Å²) in [6.07, 6.45) is 1.73. The summed E-state index contributed by atoms with van der Waals surface area (Å²) in [4.78, 5) is 0. The Hall–Kier alpha value is -1.54. The number of rotatable bonds is 7. The van der Waals surface area contributed by atoms with Crippen molar-refractivity contribution in [1.82, 2.24) is 0 Å². The maximum atomic E-state index is 12.9. The van der Waals surface area contributed by atoms with Gasteiger partial charge in [-0.2, -0.15) is 0 Å². The van der Waals surface area contributed by atoms with Gasteiger partial charge in [0.05, 0.1) is 6.61 Å². The van der Waals surface area contributed by atoms with Crippen molar-refractivity contribution in [2.75, 3.05) is 12.5 Å². The Morgan fingerprint density at radius 1 is 1.00 bits per heavy atom. The highest BCUT2D eigenvalue weighted by molar-refractivity contribution is 6.18. The number of hydrogen-bond acceptors (Lipinski definition) is 1. The molecule has 0 N–H and O–H groups in total. The summed E-state index contributed by atoms with van der Waals surface area (Å²) in [5, 5.41) is 0. The molecule has 0 amide bonds. The Bertz CT molecular complexity index is 498. The molecule has 2 aromatic carbocycles. The smallest absolute Gasteiger partial charge is 0.123 e. The molecular weight excluding hydrogens is 275 g/mol. The van der Waals surface area contributed by atoms with Crippen LogP contribution < -0.4 is 4.74 Å². The molecule has 1 unspecified atom stereocenters. The van der Waals surface area contributed by atoms with Crippen molar-refractivity contribution < 1.29 is 9.13 Å². The van der Waals surface area contributed by atoms with Crippen LogP contribution in [0.5, 0.6) is 5.75 Å². The third-order valence-electron chi connectivity index (χ3n) is 3.19. The van der Waals surface area contributed by atoms with Crippen LogP contribution in [0.4, 0.5) is 4.39 Å². The Kier molecular flexibility index (Phi) is 5.87. The minimum atomic E-state index is -0.205. The molecule has 0 bridgehead atoms. The van der Waals surface area contributed by atoms with Crippen molar-refractivity contribution in [2.24, 2.45) is 5.92 Å². The van der Waals surface area contributed by atoms with E-state index in [-0.39, 0.29) is 5.82 Å². The second-order valence-corrected chi connectivity index (χ2v) is 5.11. The molecule has 1 nitrogen and oxygen atoms in total. The molecular formula is C17H18ClFO. The molecule has 20 heavy (non-hydrogen) atoms. The first-order valence-electron chi connectivity index (χ1n) is 6.76.